The van der Waals surface area contributed by atoms with E-state index in [9.17, 15) is 9.18 Å². The molecule has 0 saturated carbocycles. The van der Waals surface area contributed by atoms with Crippen molar-refractivity contribution in [1.29, 1.82) is 0 Å². The maximum Gasteiger partial charge on any atom is 0.228 e. The molecule has 1 heterocycles. The van der Waals surface area contributed by atoms with E-state index in [1.165, 1.54) is 18.5 Å². The number of aromatic nitrogens is 2. The van der Waals surface area contributed by atoms with Gasteiger partial charge >= 0.3 is 0 Å². The van der Waals surface area contributed by atoms with Crippen LogP contribution in [0.25, 0.3) is 10.9 Å². The third kappa shape index (κ3) is 4.75. The van der Waals surface area contributed by atoms with Gasteiger partial charge in [-0.05, 0) is 60.2 Å². The van der Waals surface area contributed by atoms with Crippen LogP contribution < -0.4 is 10.6 Å². The van der Waals surface area contributed by atoms with E-state index in [-0.39, 0.29) is 18.1 Å². The number of rotatable bonds is 5. The number of fused-ring (bicyclic) bond motifs is 1. The van der Waals surface area contributed by atoms with Crippen molar-refractivity contribution < 1.29 is 9.18 Å². The van der Waals surface area contributed by atoms with E-state index in [0.29, 0.717) is 11.5 Å². The Balaban J connectivity index is 1.55. The predicted octanol–water partition coefficient (Wildman–Crippen LogP) is 5.46. The SMILES string of the molecule is O=C(Cc1ccc(F)cc1)Nc1ccc2ncnc(Nc3ccc(Br)cc3)c2c1. The number of halogens is 2. The minimum absolute atomic E-state index is 0.160. The summed E-state index contributed by atoms with van der Waals surface area (Å²) in [5.74, 6) is 0.136. The van der Waals surface area contributed by atoms with Gasteiger partial charge in [0.05, 0.1) is 11.9 Å². The fourth-order valence-electron chi connectivity index (χ4n) is 2.90. The van der Waals surface area contributed by atoms with E-state index in [0.717, 1.165) is 26.6 Å². The minimum atomic E-state index is -0.325. The van der Waals surface area contributed by atoms with E-state index in [1.807, 2.05) is 36.4 Å². The van der Waals surface area contributed by atoms with Crippen LogP contribution in [0.4, 0.5) is 21.6 Å². The van der Waals surface area contributed by atoms with E-state index in [4.69, 9.17) is 0 Å². The molecule has 0 unspecified atom stereocenters. The van der Waals surface area contributed by atoms with Crippen LogP contribution >= 0.6 is 15.9 Å². The Bertz CT molecular complexity index is 1160. The number of carbonyl (C=O) groups excluding carboxylic acids is 1. The van der Waals surface area contributed by atoms with Crippen LogP contribution in [0.5, 0.6) is 0 Å². The average Bonchev–Trinajstić information content (AvgIpc) is 2.72. The highest BCUT2D eigenvalue weighted by Crippen LogP contribution is 2.26. The van der Waals surface area contributed by atoms with Crippen LogP contribution in [-0.4, -0.2) is 15.9 Å². The zero-order valence-electron chi connectivity index (χ0n) is 15.2. The van der Waals surface area contributed by atoms with Crippen molar-refractivity contribution in [2.45, 2.75) is 6.42 Å². The topological polar surface area (TPSA) is 66.9 Å². The van der Waals surface area contributed by atoms with Gasteiger partial charge in [-0.15, -0.1) is 0 Å². The summed E-state index contributed by atoms with van der Waals surface area (Å²) < 4.78 is 14.0. The first-order chi connectivity index (χ1) is 14.1. The maximum absolute atomic E-state index is 13.0. The van der Waals surface area contributed by atoms with Crippen molar-refractivity contribution in [3.05, 3.63) is 88.9 Å². The highest BCUT2D eigenvalue weighted by Gasteiger charge is 2.09. The normalized spacial score (nSPS) is 10.7. The Morgan fingerprint density at radius 1 is 0.931 bits per heavy atom. The van der Waals surface area contributed by atoms with Gasteiger partial charge in [0.2, 0.25) is 5.91 Å². The molecule has 0 spiro atoms. The second kappa shape index (κ2) is 8.36. The van der Waals surface area contributed by atoms with Gasteiger partial charge in [-0.1, -0.05) is 28.1 Å². The second-order valence-electron chi connectivity index (χ2n) is 6.44. The lowest BCUT2D eigenvalue weighted by atomic mass is 10.1. The summed E-state index contributed by atoms with van der Waals surface area (Å²) in [5, 5.41) is 6.94. The van der Waals surface area contributed by atoms with Gasteiger partial charge in [0, 0.05) is 21.2 Å². The maximum atomic E-state index is 13.0. The molecular formula is C22H16BrFN4O. The number of hydrogen-bond acceptors (Lipinski definition) is 4. The van der Waals surface area contributed by atoms with Crippen LogP contribution in [-0.2, 0) is 11.2 Å². The monoisotopic (exact) mass is 450 g/mol. The van der Waals surface area contributed by atoms with Crippen molar-refractivity contribution in [2.24, 2.45) is 0 Å². The van der Waals surface area contributed by atoms with Crippen molar-refractivity contribution in [3.8, 4) is 0 Å². The van der Waals surface area contributed by atoms with Crippen LogP contribution in [0.15, 0.2) is 77.5 Å². The molecule has 0 bridgehead atoms. The quantitative estimate of drug-likeness (QED) is 0.423. The van der Waals surface area contributed by atoms with Gasteiger partial charge in [-0.3, -0.25) is 4.79 Å². The Labute approximate surface area is 175 Å². The van der Waals surface area contributed by atoms with Crippen molar-refractivity contribution in [3.63, 3.8) is 0 Å². The van der Waals surface area contributed by atoms with Crippen molar-refractivity contribution >= 4 is 49.9 Å². The summed E-state index contributed by atoms with van der Waals surface area (Å²) in [6.07, 6.45) is 1.66. The van der Waals surface area contributed by atoms with Gasteiger partial charge in [0.15, 0.2) is 0 Å². The van der Waals surface area contributed by atoms with Crippen LogP contribution in [0, 0.1) is 5.82 Å². The molecule has 4 rings (SSSR count). The molecule has 3 aromatic carbocycles. The first kappa shape index (κ1) is 19.0. The van der Waals surface area contributed by atoms with Gasteiger partial charge in [-0.25, -0.2) is 14.4 Å². The van der Waals surface area contributed by atoms with Gasteiger partial charge < -0.3 is 10.6 Å². The Kier molecular flexibility index (Phi) is 5.48. The van der Waals surface area contributed by atoms with Crippen LogP contribution in [0.2, 0.25) is 0 Å². The third-order valence-corrected chi connectivity index (χ3v) is 4.83. The molecule has 29 heavy (non-hydrogen) atoms. The second-order valence-corrected chi connectivity index (χ2v) is 7.35. The molecule has 0 aliphatic rings. The van der Waals surface area contributed by atoms with E-state index in [1.54, 1.807) is 18.2 Å². The molecule has 1 amide bonds. The van der Waals surface area contributed by atoms with Crippen LogP contribution in [0.3, 0.4) is 0 Å². The molecule has 144 valence electrons. The molecule has 1 aromatic heterocycles. The summed E-state index contributed by atoms with van der Waals surface area (Å²) in [5.41, 5.74) is 3.03. The molecular weight excluding hydrogens is 435 g/mol. The molecule has 4 aromatic rings. The first-order valence-electron chi connectivity index (χ1n) is 8.88. The molecule has 0 aliphatic heterocycles. The third-order valence-electron chi connectivity index (χ3n) is 4.30. The predicted molar refractivity (Wildman–Crippen MR) is 116 cm³/mol. The summed E-state index contributed by atoms with van der Waals surface area (Å²) in [6.45, 7) is 0. The highest BCUT2D eigenvalue weighted by molar-refractivity contribution is 9.10. The molecule has 0 radical (unpaired) electrons. The fourth-order valence-corrected chi connectivity index (χ4v) is 3.16. The minimum Gasteiger partial charge on any atom is -0.340 e. The average molecular weight is 451 g/mol. The number of anilines is 3. The van der Waals surface area contributed by atoms with Crippen molar-refractivity contribution in [2.75, 3.05) is 10.6 Å². The van der Waals surface area contributed by atoms with E-state index in [2.05, 4.69) is 36.5 Å². The number of nitrogens with zero attached hydrogens (tertiary/aromatic N) is 2. The van der Waals surface area contributed by atoms with Gasteiger partial charge in [0.1, 0.15) is 18.0 Å². The van der Waals surface area contributed by atoms with Gasteiger partial charge in [-0.2, -0.15) is 0 Å². The molecule has 0 atom stereocenters. The van der Waals surface area contributed by atoms with Crippen molar-refractivity contribution in [1.82, 2.24) is 9.97 Å². The Morgan fingerprint density at radius 3 is 2.41 bits per heavy atom. The summed E-state index contributed by atoms with van der Waals surface area (Å²) in [4.78, 5) is 21.0. The fraction of sp³-hybridized carbons (Fsp3) is 0.0455. The lowest BCUT2D eigenvalue weighted by Crippen LogP contribution is -2.14. The smallest absolute Gasteiger partial charge is 0.228 e. The molecule has 7 heteroatoms. The standard InChI is InChI=1S/C22H16BrFN4O/c23-15-3-7-17(8-4-15)28-22-19-12-18(9-10-20(19)25-13-26-22)27-21(29)11-14-1-5-16(24)6-2-14/h1-10,12-13H,11H2,(H,27,29)(H,25,26,28). The highest BCUT2D eigenvalue weighted by atomic mass is 79.9. The summed E-state index contributed by atoms with van der Waals surface area (Å²) in [7, 11) is 0. The summed E-state index contributed by atoms with van der Waals surface area (Å²) in [6, 6.07) is 19.1. The molecule has 5 nitrogen and oxygen atoms in total. The molecule has 0 aliphatic carbocycles. The number of nitrogens with one attached hydrogen (secondary N) is 2. The zero-order valence-corrected chi connectivity index (χ0v) is 16.8. The number of carbonyl (C=O) groups is 1. The molecule has 2 N–H and O–H groups in total. The van der Waals surface area contributed by atoms with E-state index >= 15 is 0 Å². The number of hydrogen-bond donors (Lipinski definition) is 2. The largest absolute Gasteiger partial charge is 0.340 e. The lowest BCUT2D eigenvalue weighted by Gasteiger charge is -2.11. The Hall–Kier alpha value is -3.32. The number of amides is 1. The number of benzene rings is 3. The van der Waals surface area contributed by atoms with Gasteiger partial charge in [0.25, 0.3) is 0 Å². The molecule has 0 fully saturated rings. The summed E-state index contributed by atoms with van der Waals surface area (Å²) >= 11 is 3.42. The van der Waals surface area contributed by atoms with Crippen LogP contribution in [0.1, 0.15) is 5.56 Å². The molecule has 0 saturated heterocycles. The zero-order chi connectivity index (χ0) is 20.2. The first-order valence-corrected chi connectivity index (χ1v) is 9.68. The Morgan fingerprint density at radius 2 is 1.66 bits per heavy atom. The van der Waals surface area contributed by atoms with E-state index < -0.39 is 0 Å². The lowest BCUT2D eigenvalue weighted by molar-refractivity contribution is -0.115.